The number of nitriles is 1. The van der Waals surface area contributed by atoms with Gasteiger partial charge >= 0.3 is 5.97 Å². The van der Waals surface area contributed by atoms with Crippen LogP contribution in [0.25, 0.3) is 10.1 Å². The molecule has 0 atom stereocenters. The number of anilines is 1. The summed E-state index contributed by atoms with van der Waals surface area (Å²) in [6.45, 7) is -0.322. The average Bonchev–Trinajstić information content (AvgIpc) is 3.03. The molecule has 3 rings (SSSR count). The number of hydrogen-bond donors (Lipinski definition) is 0. The van der Waals surface area contributed by atoms with E-state index in [2.05, 4.69) is 0 Å². The Labute approximate surface area is 169 Å². The number of halogens is 2. The minimum Gasteiger partial charge on any atom is -0.451 e. The molecule has 0 aliphatic carbocycles. The van der Waals surface area contributed by atoms with Gasteiger partial charge in [0.05, 0.1) is 17.5 Å². The highest BCUT2D eigenvalue weighted by Gasteiger charge is 2.22. The first kappa shape index (κ1) is 19.8. The largest absolute Gasteiger partial charge is 0.451 e. The van der Waals surface area contributed by atoms with Crippen molar-refractivity contribution < 1.29 is 18.7 Å². The molecule has 28 heavy (non-hydrogen) atoms. The number of carbonyl (C=O) groups is 2. The summed E-state index contributed by atoms with van der Waals surface area (Å²) in [4.78, 5) is 26.4. The molecule has 0 saturated heterocycles. The van der Waals surface area contributed by atoms with Gasteiger partial charge in [0.1, 0.15) is 10.7 Å². The second-order valence-corrected chi connectivity index (χ2v) is 7.18. The zero-order valence-electron chi connectivity index (χ0n) is 14.5. The third-order valence-electron chi connectivity index (χ3n) is 3.92. The van der Waals surface area contributed by atoms with Crippen molar-refractivity contribution >= 4 is 50.6 Å². The Hall–Kier alpha value is -2.95. The molecule has 142 valence electrons. The zero-order chi connectivity index (χ0) is 20.1. The van der Waals surface area contributed by atoms with Gasteiger partial charge in [-0.25, -0.2) is 9.18 Å². The summed E-state index contributed by atoms with van der Waals surface area (Å²) >= 11 is 7.20. The Balaban J connectivity index is 1.73. The van der Waals surface area contributed by atoms with Crippen molar-refractivity contribution in [3.8, 4) is 6.07 Å². The first-order valence-electron chi connectivity index (χ1n) is 8.28. The highest BCUT2D eigenvalue weighted by molar-refractivity contribution is 7.21. The Kier molecular flexibility index (Phi) is 6.24. The standard InChI is InChI=1S/C20H14ClFN2O3S/c21-18-15-8-7-13(22)11-16(15)28-19(18)20(26)27-12-17(25)24(10-4-9-23)14-5-2-1-3-6-14/h1-3,5-8,11H,4,10,12H2. The lowest BCUT2D eigenvalue weighted by molar-refractivity contribution is -0.121. The van der Waals surface area contributed by atoms with Crippen LogP contribution in [0.1, 0.15) is 16.1 Å². The smallest absolute Gasteiger partial charge is 0.350 e. The highest BCUT2D eigenvalue weighted by atomic mass is 35.5. The van der Waals surface area contributed by atoms with Gasteiger partial charge in [-0.15, -0.1) is 11.3 Å². The van der Waals surface area contributed by atoms with E-state index in [-0.39, 0.29) is 22.9 Å². The van der Waals surface area contributed by atoms with Crippen molar-refractivity contribution in [2.75, 3.05) is 18.1 Å². The average molecular weight is 417 g/mol. The van der Waals surface area contributed by atoms with Crippen molar-refractivity contribution in [1.82, 2.24) is 0 Å². The molecule has 0 unspecified atom stereocenters. The van der Waals surface area contributed by atoms with Gasteiger partial charge in [-0.05, 0) is 30.3 Å². The summed E-state index contributed by atoms with van der Waals surface area (Å²) in [7, 11) is 0. The van der Waals surface area contributed by atoms with Crippen molar-refractivity contribution in [2.45, 2.75) is 6.42 Å². The molecule has 0 bridgehead atoms. The molecule has 5 nitrogen and oxygen atoms in total. The van der Waals surface area contributed by atoms with Gasteiger partial charge in [-0.2, -0.15) is 5.26 Å². The number of nitrogens with zero attached hydrogens (tertiary/aromatic N) is 2. The first-order valence-corrected chi connectivity index (χ1v) is 9.47. The SMILES string of the molecule is N#CCCN(C(=O)COC(=O)c1sc2cc(F)ccc2c1Cl)c1ccccc1. The van der Waals surface area contributed by atoms with Crippen LogP contribution in [0, 0.1) is 17.1 Å². The van der Waals surface area contributed by atoms with Crippen LogP contribution in [0.2, 0.25) is 5.02 Å². The summed E-state index contributed by atoms with van der Waals surface area (Å²) in [6, 6.07) is 14.8. The molecule has 3 aromatic rings. The van der Waals surface area contributed by atoms with E-state index in [9.17, 15) is 14.0 Å². The number of carbonyl (C=O) groups excluding carboxylic acids is 2. The molecule has 0 aliphatic heterocycles. The van der Waals surface area contributed by atoms with E-state index in [1.54, 1.807) is 24.3 Å². The fourth-order valence-electron chi connectivity index (χ4n) is 2.61. The number of thiophene rings is 1. The van der Waals surface area contributed by atoms with E-state index in [0.29, 0.717) is 15.8 Å². The molecule has 1 amide bonds. The third kappa shape index (κ3) is 4.30. The normalized spacial score (nSPS) is 10.5. The number of fused-ring (bicyclic) bond motifs is 1. The van der Waals surface area contributed by atoms with E-state index in [1.165, 1.54) is 23.1 Å². The lowest BCUT2D eigenvalue weighted by Crippen LogP contribution is -2.35. The topological polar surface area (TPSA) is 70.4 Å². The number of ether oxygens (including phenoxy) is 1. The first-order chi connectivity index (χ1) is 13.5. The number of amides is 1. The van der Waals surface area contributed by atoms with Gasteiger partial charge in [0, 0.05) is 22.3 Å². The molecule has 1 aromatic heterocycles. The molecule has 0 saturated carbocycles. The zero-order valence-corrected chi connectivity index (χ0v) is 16.1. The monoisotopic (exact) mass is 416 g/mol. The highest BCUT2D eigenvalue weighted by Crippen LogP contribution is 2.36. The van der Waals surface area contributed by atoms with E-state index < -0.39 is 24.3 Å². The van der Waals surface area contributed by atoms with Crippen LogP contribution in [-0.2, 0) is 9.53 Å². The molecule has 0 spiro atoms. The van der Waals surface area contributed by atoms with Gasteiger partial charge in [0.15, 0.2) is 6.61 Å². The second-order valence-electron chi connectivity index (χ2n) is 5.75. The molecular formula is C20H14ClFN2O3S. The number of benzene rings is 2. The van der Waals surface area contributed by atoms with Crippen molar-refractivity contribution in [2.24, 2.45) is 0 Å². The summed E-state index contributed by atoms with van der Waals surface area (Å²) in [6.07, 6.45) is 0.141. The van der Waals surface area contributed by atoms with Crippen LogP contribution in [0.4, 0.5) is 10.1 Å². The molecule has 0 N–H and O–H groups in total. The minimum absolute atomic E-state index is 0.110. The van der Waals surface area contributed by atoms with Gasteiger partial charge in [0.2, 0.25) is 0 Å². The van der Waals surface area contributed by atoms with Crippen LogP contribution in [0.3, 0.4) is 0 Å². The van der Waals surface area contributed by atoms with Gasteiger partial charge < -0.3 is 9.64 Å². The molecule has 0 aliphatic rings. The van der Waals surface area contributed by atoms with E-state index in [4.69, 9.17) is 21.6 Å². The summed E-state index contributed by atoms with van der Waals surface area (Å²) in [5.74, 6) is -1.65. The van der Waals surface area contributed by atoms with Crippen molar-refractivity contribution in [1.29, 1.82) is 5.26 Å². The molecule has 8 heteroatoms. The number of esters is 1. The number of hydrogen-bond acceptors (Lipinski definition) is 5. The Morgan fingerprint density at radius 2 is 1.96 bits per heavy atom. The maximum atomic E-state index is 13.4. The molecular weight excluding hydrogens is 403 g/mol. The lowest BCUT2D eigenvalue weighted by Gasteiger charge is -2.21. The fraction of sp³-hybridized carbons (Fsp3) is 0.150. The summed E-state index contributed by atoms with van der Waals surface area (Å²) in [5, 5.41) is 9.53. The van der Waals surface area contributed by atoms with Gasteiger partial charge in [-0.1, -0.05) is 29.8 Å². The van der Waals surface area contributed by atoms with E-state index in [1.807, 2.05) is 12.1 Å². The molecule has 1 heterocycles. The quantitative estimate of drug-likeness (QED) is 0.541. The second kappa shape index (κ2) is 8.83. The van der Waals surface area contributed by atoms with Crippen molar-refractivity contribution in [3.05, 3.63) is 64.2 Å². The van der Waals surface area contributed by atoms with Gasteiger partial charge in [0.25, 0.3) is 5.91 Å². The Bertz CT molecular complexity index is 1060. The van der Waals surface area contributed by atoms with Crippen LogP contribution >= 0.6 is 22.9 Å². The fourth-order valence-corrected chi connectivity index (χ4v) is 4.04. The predicted octanol–water partition coefficient (Wildman–Crippen LogP) is 4.80. The predicted molar refractivity (Wildman–Crippen MR) is 106 cm³/mol. The molecule has 0 radical (unpaired) electrons. The molecule has 2 aromatic carbocycles. The van der Waals surface area contributed by atoms with E-state index in [0.717, 1.165) is 11.3 Å². The van der Waals surface area contributed by atoms with Gasteiger partial charge in [-0.3, -0.25) is 4.79 Å². The summed E-state index contributed by atoms with van der Waals surface area (Å²) < 4.78 is 19.0. The van der Waals surface area contributed by atoms with Crippen LogP contribution in [-0.4, -0.2) is 25.0 Å². The van der Waals surface area contributed by atoms with Crippen LogP contribution in [0.15, 0.2) is 48.5 Å². The lowest BCUT2D eigenvalue weighted by atomic mass is 10.2. The van der Waals surface area contributed by atoms with Crippen LogP contribution in [0.5, 0.6) is 0 Å². The van der Waals surface area contributed by atoms with Crippen LogP contribution < -0.4 is 4.90 Å². The number of rotatable bonds is 6. The maximum absolute atomic E-state index is 13.4. The van der Waals surface area contributed by atoms with Crippen molar-refractivity contribution in [3.63, 3.8) is 0 Å². The molecule has 0 fully saturated rings. The number of para-hydroxylation sites is 1. The maximum Gasteiger partial charge on any atom is 0.350 e. The van der Waals surface area contributed by atoms with E-state index >= 15 is 0 Å². The Morgan fingerprint density at radius 3 is 2.68 bits per heavy atom. The summed E-state index contributed by atoms with van der Waals surface area (Å²) in [5.41, 5.74) is 0.606. The minimum atomic E-state index is -0.756. The Morgan fingerprint density at radius 1 is 1.21 bits per heavy atom. The third-order valence-corrected chi connectivity index (χ3v) is 5.56.